The van der Waals surface area contributed by atoms with Crippen LogP contribution in [0.5, 0.6) is 0 Å². The van der Waals surface area contributed by atoms with Crippen LogP contribution in [0, 0.1) is 0 Å². The van der Waals surface area contributed by atoms with Crippen molar-refractivity contribution in [1.29, 1.82) is 0 Å². The molecule has 1 aromatic carbocycles. The summed E-state index contributed by atoms with van der Waals surface area (Å²) < 4.78 is 0.629. The maximum absolute atomic E-state index is 12.5. The molecule has 0 saturated heterocycles. The van der Waals surface area contributed by atoms with Crippen molar-refractivity contribution in [1.82, 2.24) is 4.90 Å². The quantitative estimate of drug-likeness (QED) is 0.867. The zero-order valence-electron chi connectivity index (χ0n) is 11.5. The Bertz CT molecular complexity index is 592. The fourth-order valence-corrected chi connectivity index (χ4v) is 2.88. The molecular weight excluding hydrogens is 292 g/mol. The van der Waals surface area contributed by atoms with E-state index in [0.717, 1.165) is 11.3 Å². The monoisotopic (exact) mass is 308 g/mol. The van der Waals surface area contributed by atoms with Gasteiger partial charge in [0, 0.05) is 18.3 Å². The molecule has 0 fully saturated rings. The minimum atomic E-state index is 0.00808. The summed E-state index contributed by atoms with van der Waals surface area (Å²) in [4.78, 5) is 15.0. The molecule has 1 amide bonds. The number of nitrogens with zero attached hydrogens (tertiary/aromatic N) is 1. The van der Waals surface area contributed by atoms with Crippen LogP contribution in [-0.2, 0) is 6.54 Å². The van der Waals surface area contributed by atoms with E-state index < -0.39 is 0 Å². The lowest BCUT2D eigenvalue weighted by Gasteiger charge is -2.26. The predicted molar refractivity (Wildman–Crippen MR) is 85.2 cm³/mol. The maximum atomic E-state index is 12.5. The minimum absolute atomic E-state index is 0.00808. The van der Waals surface area contributed by atoms with Crippen LogP contribution in [0.25, 0.3) is 0 Å². The first-order chi connectivity index (χ1) is 9.47. The van der Waals surface area contributed by atoms with Crippen molar-refractivity contribution >= 4 is 34.5 Å². The highest BCUT2D eigenvalue weighted by molar-refractivity contribution is 7.17. The summed E-state index contributed by atoms with van der Waals surface area (Å²) in [5, 5.41) is 0. The summed E-state index contributed by atoms with van der Waals surface area (Å²) in [6.07, 6.45) is 0. The van der Waals surface area contributed by atoms with Crippen LogP contribution in [0.2, 0.25) is 4.34 Å². The second-order valence-electron chi connectivity index (χ2n) is 4.87. The Hall–Kier alpha value is -1.52. The van der Waals surface area contributed by atoms with Gasteiger partial charge in [0.1, 0.15) is 0 Å². The third-order valence-corrected chi connectivity index (χ3v) is 4.22. The average Bonchev–Trinajstić information content (AvgIpc) is 2.83. The lowest BCUT2D eigenvalue weighted by Crippen LogP contribution is -2.35. The molecule has 2 rings (SSSR count). The van der Waals surface area contributed by atoms with E-state index in [0.29, 0.717) is 15.8 Å². The number of amides is 1. The highest BCUT2D eigenvalue weighted by Crippen LogP contribution is 2.24. The third-order valence-electron chi connectivity index (χ3n) is 3.00. The van der Waals surface area contributed by atoms with E-state index in [1.54, 1.807) is 12.1 Å². The molecule has 2 aromatic rings. The zero-order chi connectivity index (χ0) is 14.7. The van der Waals surface area contributed by atoms with E-state index in [1.165, 1.54) is 11.3 Å². The van der Waals surface area contributed by atoms with Gasteiger partial charge >= 0.3 is 0 Å². The number of halogens is 1. The lowest BCUT2D eigenvalue weighted by atomic mass is 10.1. The predicted octanol–water partition coefficient (Wildman–Crippen LogP) is 4.03. The van der Waals surface area contributed by atoms with Gasteiger partial charge in [-0.1, -0.05) is 23.7 Å². The van der Waals surface area contributed by atoms with Crippen LogP contribution in [0.15, 0.2) is 36.4 Å². The van der Waals surface area contributed by atoms with Gasteiger partial charge in [-0.3, -0.25) is 4.79 Å². The van der Waals surface area contributed by atoms with Crippen LogP contribution in [-0.4, -0.2) is 16.8 Å². The second-order valence-corrected chi connectivity index (χ2v) is 6.59. The third kappa shape index (κ3) is 3.52. The summed E-state index contributed by atoms with van der Waals surface area (Å²) in [6, 6.07) is 11.2. The average molecular weight is 309 g/mol. The highest BCUT2D eigenvalue weighted by atomic mass is 35.5. The van der Waals surface area contributed by atoms with E-state index in [2.05, 4.69) is 0 Å². The summed E-state index contributed by atoms with van der Waals surface area (Å²) in [7, 11) is 0. The number of hydrogen-bond donors (Lipinski definition) is 1. The Balaban J connectivity index is 2.19. The Labute approximate surface area is 128 Å². The Kier molecular flexibility index (Phi) is 4.68. The fraction of sp³-hybridized carbons (Fsp3) is 0.267. The van der Waals surface area contributed by atoms with Gasteiger partial charge in [0.2, 0.25) is 0 Å². The zero-order valence-corrected chi connectivity index (χ0v) is 13.0. The summed E-state index contributed by atoms with van der Waals surface area (Å²) >= 11 is 7.21. The number of anilines is 1. The number of hydrogen-bond acceptors (Lipinski definition) is 3. The van der Waals surface area contributed by atoms with Crippen LogP contribution in [0.4, 0.5) is 5.69 Å². The SMILES string of the molecule is CC(C)N(Cc1ccc(N)cc1)C(=O)c1ccc(Cl)s1. The number of benzene rings is 1. The molecule has 0 spiro atoms. The maximum Gasteiger partial charge on any atom is 0.264 e. The van der Waals surface area contributed by atoms with Gasteiger partial charge in [-0.25, -0.2) is 0 Å². The molecule has 0 atom stereocenters. The van der Waals surface area contributed by atoms with Crippen LogP contribution >= 0.6 is 22.9 Å². The molecule has 2 N–H and O–H groups in total. The van der Waals surface area contributed by atoms with Gasteiger partial charge in [0.25, 0.3) is 5.91 Å². The molecule has 1 heterocycles. The van der Waals surface area contributed by atoms with Crippen molar-refractivity contribution in [2.75, 3.05) is 5.73 Å². The summed E-state index contributed by atoms with van der Waals surface area (Å²) in [5.74, 6) is 0.00808. The van der Waals surface area contributed by atoms with Crippen molar-refractivity contribution < 1.29 is 4.79 Å². The first-order valence-electron chi connectivity index (χ1n) is 6.38. The molecule has 1 aromatic heterocycles. The molecular formula is C15H17ClN2OS. The number of carbonyl (C=O) groups is 1. The van der Waals surface area contributed by atoms with Gasteiger partial charge in [-0.2, -0.15) is 0 Å². The van der Waals surface area contributed by atoms with Crippen molar-refractivity contribution in [2.45, 2.75) is 26.4 Å². The number of nitrogens with two attached hydrogens (primary N) is 1. The lowest BCUT2D eigenvalue weighted by molar-refractivity contribution is 0.0695. The molecule has 0 aliphatic rings. The normalized spacial score (nSPS) is 10.8. The molecule has 0 radical (unpaired) electrons. The topological polar surface area (TPSA) is 46.3 Å². The fourth-order valence-electron chi connectivity index (χ4n) is 1.88. The van der Waals surface area contributed by atoms with Crippen LogP contribution in [0.3, 0.4) is 0 Å². The Morgan fingerprint density at radius 2 is 1.90 bits per heavy atom. The number of carbonyl (C=O) groups excluding carboxylic acids is 1. The molecule has 0 aliphatic heterocycles. The summed E-state index contributed by atoms with van der Waals surface area (Å²) in [6.45, 7) is 4.57. The molecule has 0 unspecified atom stereocenters. The van der Waals surface area contributed by atoms with E-state index in [9.17, 15) is 4.79 Å². The molecule has 0 bridgehead atoms. The smallest absolute Gasteiger partial charge is 0.264 e. The van der Waals surface area contributed by atoms with Gasteiger partial charge < -0.3 is 10.6 Å². The highest BCUT2D eigenvalue weighted by Gasteiger charge is 2.20. The van der Waals surface area contributed by atoms with Crippen molar-refractivity contribution in [3.8, 4) is 0 Å². The molecule has 106 valence electrons. The Morgan fingerprint density at radius 1 is 1.25 bits per heavy atom. The van der Waals surface area contributed by atoms with E-state index in [4.69, 9.17) is 17.3 Å². The van der Waals surface area contributed by atoms with Crippen LogP contribution < -0.4 is 5.73 Å². The first-order valence-corrected chi connectivity index (χ1v) is 7.57. The molecule has 0 aliphatic carbocycles. The van der Waals surface area contributed by atoms with Crippen molar-refractivity contribution in [3.63, 3.8) is 0 Å². The van der Waals surface area contributed by atoms with Crippen molar-refractivity contribution in [2.24, 2.45) is 0 Å². The molecule has 20 heavy (non-hydrogen) atoms. The molecule has 3 nitrogen and oxygen atoms in total. The first kappa shape index (κ1) is 14.9. The van der Waals surface area contributed by atoms with Gasteiger partial charge in [0.05, 0.1) is 9.21 Å². The van der Waals surface area contributed by atoms with E-state index >= 15 is 0 Å². The molecule has 5 heteroatoms. The van der Waals surface area contributed by atoms with Crippen LogP contribution in [0.1, 0.15) is 29.1 Å². The number of rotatable bonds is 4. The Morgan fingerprint density at radius 3 is 2.40 bits per heavy atom. The standard InChI is InChI=1S/C15H17ClN2OS/c1-10(2)18(9-11-3-5-12(17)6-4-11)15(19)13-7-8-14(16)20-13/h3-8,10H,9,17H2,1-2H3. The number of thiophene rings is 1. The largest absolute Gasteiger partial charge is 0.399 e. The minimum Gasteiger partial charge on any atom is -0.399 e. The number of nitrogen functional groups attached to an aromatic ring is 1. The van der Waals surface area contributed by atoms with Gasteiger partial charge in [0.15, 0.2) is 0 Å². The van der Waals surface area contributed by atoms with Crippen molar-refractivity contribution in [3.05, 3.63) is 51.2 Å². The van der Waals surface area contributed by atoms with E-state index in [-0.39, 0.29) is 11.9 Å². The second kappa shape index (κ2) is 6.29. The summed E-state index contributed by atoms with van der Waals surface area (Å²) in [5.41, 5.74) is 7.46. The van der Waals surface area contributed by atoms with Gasteiger partial charge in [-0.05, 0) is 43.7 Å². The van der Waals surface area contributed by atoms with E-state index in [1.807, 2.05) is 43.0 Å². The molecule has 0 saturated carbocycles. The van der Waals surface area contributed by atoms with Gasteiger partial charge in [-0.15, -0.1) is 11.3 Å².